The van der Waals surface area contributed by atoms with Gasteiger partial charge in [0.05, 0.1) is 6.92 Å². The van der Waals surface area contributed by atoms with Gasteiger partial charge in [0.15, 0.2) is 6.04 Å². The molecule has 0 saturated carbocycles. The molecule has 1 aromatic rings. The van der Waals surface area contributed by atoms with Crippen molar-refractivity contribution in [3.05, 3.63) is 41.2 Å². The third-order valence-electron chi connectivity index (χ3n) is 1.96. The zero-order chi connectivity index (χ0) is 13.1. The summed E-state index contributed by atoms with van der Waals surface area (Å²) in [7, 11) is 0. The Bertz CT molecular complexity index is 381. The van der Waals surface area contributed by atoms with Crippen molar-refractivity contribution in [3.8, 4) is 0 Å². The predicted molar refractivity (Wildman–Crippen MR) is 71.6 cm³/mol. The average molecular weight is 299 g/mol. The van der Waals surface area contributed by atoms with Gasteiger partial charge in [-0.2, -0.15) is 0 Å². The van der Waals surface area contributed by atoms with Crippen molar-refractivity contribution in [1.29, 1.82) is 0 Å². The van der Waals surface area contributed by atoms with Crippen LogP contribution in [0.5, 0.6) is 0 Å². The average Bonchev–Trinajstić information content (AvgIpc) is 2.15. The summed E-state index contributed by atoms with van der Waals surface area (Å²) in [5.74, 6) is 0. The van der Waals surface area contributed by atoms with Gasteiger partial charge in [0.25, 0.3) is 0 Å². The van der Waals surface area contributed by atoms with Crippen LogP contribution in [-0.4, -0.2) is 11.7 Å². The Labute approximate surface area is 111 Å². The fourth-order valence-corrected chi connectivity index (χ4v) is 1.49. The minimum Gasteiger partial charge on any atom is -0.444 e. The highest BCUT2D eigenvalue weighted by Crippen LogP contribution is 2.17. The maximum absolute atomic E-state index is 11.5. The van der Waals surface area contributed by atoms with Crippen LogP contribution < -0.4 is 5.32 Å². The van der Waals surface area contributed by atoms with Crippen LogP contribution in [0.25, 0.3) is 0 Å². The normalized spacial score (nSPS) is 12.9. The number of hydrogen-bond donors (Lipinski definition) is 1. The molecule has 1 amide bonds. The molecule has 0 aliphatic heterocycles. The van der Waals surface area contributed by atoms with Crippen molar-refractivity contribution < 1.29 is 9.53 Å². The fourth-order valence-electron chi connectivity index (χ4n) is 1.23. The molecule has 4 heteroatoms. The van der Waals surface area contributed by atoms with E-state index in [0.717, 1.165) is 10.0 Å². The molecule has 1 rings (SSSR count). The van der Waals surface area contributed by atoms with E-state index in [1.165, 1.54) is 0 Å². The van der Waals surface area contributed by atoms with Crippen molar-refractivity contribution in [3.63, 3.8) is 0 Å². The van der Waals surface area contributed by atoms with Crippen LogP contribution in [0.15, 0.2) is 28.7 Å². The quantitative estimate of drug-likeness (QED) is 0.842. The lowest BCUT2D eigenvalue weighted by atomic mass is 10.1. The first kappa shape index (κ1) is 13.9. The second-order valence-electron chi connectivity index (χ2n) is 4.75. The first-order valence-corrected chi connectivity index (χ1v) is 6.15. The second kappa shape index (κ2) is 5.45. The van der Waals surface area contributed by atoms with Crippen molar-refractivity contribution in [1.82, 2.24) is 5.32 Å². The van der Waals surface area contributed by atoms with Crippen molar-refractivity contribution in [2.24, 2.45) is 0 Å². The number of carbonyl (C=O) groups is 1. The molecule has 0 aliphatic rings. The molecule has 92 valence electrons. The molecule has 17 heavy (non-hydrogen) atoms. The first-order chi connectivity index (χ1) is 7.78. The molecule has 0 aromatic heterocycles. The maximum atomic E-state index is 11.5. The Balaban J connectivity index is 2.57. The summed E-state index contributed by atoms with van der Waals surface area (Å²) in [4.78, 5) is 11.5. The smallest absolute Gasteiger partial charge is 0.411 e. The van der Waals surface area contributed by atoms with Gasteiger partial charge in [-0.3, -0.25) is 5.32 Å². The predicted octanol–water partition coefficient (Wildman–Crippen LogP) is 3.85. The monoisotopic (exact) mass is 298 g/mol. The lowest BCUT2D eigenvalue weighted by Gasteiger charge is -2.20. The van der Waals surface area contributed by atoms with Crippen molar-refractivity contribution >= 4 is 22.0 Å². The van der Waals surface area contributed by atoms with E-state index in [-0.39, 0.29) is 6.04 Å². The van der Waals surface area contributed by atoms with Crippen LogP contribution in [0.1, 0.15) is 32.4 Å². The van der Waals surface area contributed by atoms with Gasteiger partial charge in [0.2, 0.25) is 0 Å². The zero-order valence-electron chi connectivity index (χ0n) is 10.3. The summed E-state index contributed by atoms with van der Waals surface area (Å²) in [6.45, 7) is 9.35. The molecular weight excluding hydrogens is 282 g/mol. The molecule has 1 atom stereocenters. The molecular formula is C13H17BrNO2+. The van der Waals surface area contributed by atoms with E-state index in [2.05, 4.69) is 28.2 Å². The maximum Gasteiger partial charge on any atom is 0.411 e. The van der Waals surface area contributed by atoms with E-state index in [0.29, 0.717) is 0 Å². The van der Waals surface area contributed by atoms with E-state index in [1.807, 2.05) is 45.0 Å². The summed E-state index contributed by atoms with van der Waals surface area (Å²) < 4.78 is 6.15. The van der Waals surface area contributed by atoms with E-state index in [1.54, 1.807) is 0 Å². The molecule has 0 saturated heterocycles. The second-order valence-corrected chi connectivity index (χ2v) is 5.67. The minimum absolute atomic E-state index is 0.321. The highest BCUT2D eigenvalue weighted by molar-refractivity contribution is 9.10. The number of ether oxygens (including phenoxy) is 1. The standard InChI is InChI=1S/C13H16BrNO2/c1-9(10-5-7-11(14)8-6-10)15-12(16)17-13(2,3)4/h5-9H,1H2,2-4H3/p+1/t9-/m0/s1. The van der Waals surface area contributed by atoms with Gasteiger partial charge in [-0.15, -0.1) is 0 Å². The number of carbonyl (C=O) groups excluding carboxylic acids is 1. The lowest BCUT2D eigenvalue weighted by Crippen LogP contribution is -2.34. The topological polar surface area (TPSA) is 38.3 Å². The van der Waals surface area contributed by atoms with Crippen LogP contribution in [-0.2, 0) is 4.74 Å². The van der Waals surface area contributed by atoms with Crippen LogP contribution >= 0.6 is 15.9 Å². The number of rotatable bonds is 2. The first-order valence-electron chi connectivity index (χ1n) is 5.36. The highest BCUT2D eigenvalue weighted by atomic mass is 79.9. The third kappa shape index (κ3) is 5.13. The van der Waals surface area contributed by atoms with E-state index in [9.17, 15) is 4.79 Å². The zero-order valence-corrected chi connectivity index (χ0v) is 11.9. The number of hydrogen-bond acceptors (Lipinski definition) is 2. The summed E-state index contributed by atoms with van der Waals surface area (Å²) in [6.07, 6.45) is -0.458. The Morgan fingerprint density at radius 3 is 2.35 bits per heavy atom. The van der Waals surface area contributed by atoms with Gasteiger partial charge in [0, 0.05) is 10.0 Å². The number of halogens is 1. The molecule has 0 aliphatic carbocycles. The Hall–Kier alpha value is -1.16. The van der Waals surface area contributed by atoms with Gasteiger partial charge < -0.3 is 4.74 Å². The van der Waals surface area contributed by atoms with Crippen molar-refractivity contribution in [2.45, 2.75) is 32.4 Å². The summed E-state index contributed by atoms with van der Waals surface area (Å²) in [5.41, 5.74) is 0.433. The highest BCUT2D eigenvalue weighted by Gasteiger charge is 2.20. The summed E-state index contributed by atoms with van der Waals surface area (Å²) >= 11 is 3.35. The SMILES string of the molecule is [CH2+][C@H](NC(=O)OC(C)(C)C)c1ccc(Br)cc1. The number of amides is 1. The molecule has 0 heterocycles. The van der Waals surface area contributed by atoms with Crippen LogP contribution in [0.2, 0.25) is 0 Å². The van der Waals surface area contributed by atoms with E-state index >= 15 is 0 Å². The van der Waals surface area contributed by atoms with Gasteiger partial charge >= 0.3 is 6.09 Å². The fraction of sp³-hybridized carbons (Fsp3) is 0.385. The minimum atomic E-state index is -0.497. The number of alkyl carbamates (subject to hydrolysis) is 1. The van der Waals surface area contributed by atoms with Gasteiger partial charge in [-0.25, -0.2) is 4.79 Å². The lowest BCUT2D eigenvalue weighted by molar-refractivity contribution is 0.0513. The largest absolute Gasteiger partial charge is 0.444 e. The van der Waals surface area contributed by atoms with E-state index in [4.69, 9.17) is 4.74 Å². The Morgan fingerprint density at radius 1 is 1.35 bits per heavy atom. The molecule has 1 aromatic carbocycles. The number of benzene rings is 1. The number of nitrogens with one attached hydrogen (secondary N) is 1. The molecule has 0 radical (unpaired) electrons. The van der Waals surface area contributed by atoms with E-state index < -0.39 is 11.7 Å². The summed E-state index contributed by atoms with van der Waals surface area (Å²) in [5, 5.41) is 2.68. The third-order valence-corrected chi connectivity index (χ3v) is 2.49. The molecule has 1 N–H and O–H groups in total. The van der Waals surface area contributed by atoms with Gasteiger partial charge in [0.1, 0.15) is 5.60 Å². The molecule has 0 fully saturated rings. The summed E-state index contributed by atoms with van der Waals surface area (Å²) in [6, 6.07) is 7.30. The molecule has 0 unspecified atom stereocenters. The molecule has 0 bridgehead atoms. The van der Waals surface area contributed by atoms with Crippen molar-refractivity contribution in [2.75, 3.05) is 0 Å². The molecule has 3 nitrogen and oxygen atoms in total. The Morgan fingerprint density at radius 2 is 1.88 bits per heavy atom. The van der Waals surface area contributed by atoms with Crippen LogP contribution in [0.4, 0.5) is 4.79 Å². The van der Waals surface area contributed by atoms with Gasteiger partial charge in [-0.1, -0.05) is 28.1 Å². The van der Waals surface area contributed by atoms with Gasteiger partial charge in [-0.05, 0) is 32.9 Å². The Kier molecular flexibility index (Phi) is 4.46. The van der Waals surface area contributed by atoms with Crippen LogP contribution in [0, 0.1) is 6.92 Å². The van der Waals surface area contributed by atoms with Crippen LogP contribution in [0.3, 0.4) is 0 Å². The molecule has 0 spiro atoms.